The first-order chi connectivity index (χ1) is 14.0. The number of nitrogens with zero attached hydrogens (tertiary/aromatic N) is 3. The lowest BCUT2D eigenvalue weighted by Crippen LogP contribution is -2.45. The molecule has 5 nitrogen and oxygen atoms in total. The zero-order valence-electron chi connectivity index (χ0n) is 17.5. The number of ether oxygens (including phenoxy) is 1. The van der Waals surface area contributed by atoms with Crippen molar-refractivity contribution in [2.45, 2.75) is 33.3 Å². The molecule has 0 aliphatic carbocycles. The molecule has 0 bridgehead atoms. The Labute approximate surface area is 178 Å². The summed E-state index contributed by atoms with van der Waals surface area (Å²) in [5, 5.41) is 0.776. The van der Waals surface area contributed by atoms with Gasteiger partial charge in [-0.3, -0.25) is 14.7 Å². The number of rotatable bonds is 7. The van der Waals surface area contributed by atoms with Gasteiger partial charge in [0.15, 0.2) is 0 Å². The highest BCUT2D eigenvalue weighted by molar-refractivity contribution is 6.31. The van der Waals surface area contributed by atoms with Crippen LogP contribution in [0.25, 0.3) is 0 Å². The van der Waals surface area contributed by atoms with Crippen LogP contribution in [0.1, 0.15) is 42.5 Å². The summed E-state index contributed by atoms with van der Waals surface area (Å²) in [7, 11) is 0. The molecule has 1 aliphatic heterocycles. The number of carbonyl (C=O) groups excluding carboxylic acids is 1. The molecule has 6 heteroatoms. The van der Waals surface area contributed by atoms with Crippen molar-refractivity contribution in [2.75, 3.05) is 39.3 Å². The van der Waals surface area contributed by atoms with E-state index in [0.717, 1.165) is 48.0 Å². The molecule has 1 fully saturated rings. The maximum atomic E-state index is 12.5. The van der Waals surface area contributed by atoms with Gasteiger partial charge >= 0.3 is 0 Å². The predicted octanol–water partition coefficient (Wildman–Crippen LogP) is 3.88. The maximum absolute atomic E-state index is 12.5. The number of aromatic nitrogens is 1. The van der Waals surface area contributed by atoms with Crippen molar-refractivity contribution >= 4 is 17.5 Å². The number of aryl methyl sites for hydroxylation is 1. The van der Waals surface area contributed by atoms with E-state index in [0.29, 0.717) is 19.7 Å². The van der Waals surface area contributed by atoms with E-state index in [1.165, 1.54) is 5.56 Å². The first-order valence-corrected chi connectivity index (χ1v) is 10.7. The van der Waals surface area contributed by atoms with Crippen LogP contribution in [-0.4, -0.2) is 60.0 Å². The van der Waals surface area contributed by atoms with E-state index < -0.39 is 0 Å². The van der Waals surface area contributed by atoms with Crippen LogP contribution in [0.4, 0.5) is 0 Å². The van der Waals surface area contributed by atoms with Crippen molar-refractivity contribution < 1.29 is 9.53 Å². The van der Waals surface area contributed by atoms with Crippen LogP contribution < -0.4 is 0 Å². The van der Waals surface area contributed by atoms with Gasteiger partial charge in [0.05, 0.1) is 18.8 Å². The largest absolute Gasteiger partial charge is 0.369 e. The number of hydrogen-bond acceptors (Lipinski definition) is 4. The number of morpholine rings is 1. The van der Waals surface area contributed by atoms with Gasteiger partial charge in [0.2, 0.25) is 5.91 Å². The molecule has 29 heavy (non-hydrogen) atoms. The number of amides is 1. The van der Waals surface area contributed by atoms with Crippen LogP contribution in [0.5, 0.6) is 0 Å². The van der Waals surface area contributed by atoms with Gasteiger partial charge in [0.1, 0.15) is 6.10 Å². The standard InChI is InChI=1S/C23H30ClN3O2/c1-4-27(5-2)23(28)16-26-10-11-29-22(15-26)21-14-18(12-17(3)25-21)13-19-8-6-7-9-20(19)24/h6-9,12,14,22H,4-5,10-11,13,15-16H2,1-3H3/t22-/m1/s1. The Morgan fingerprint density at radius 1 is 1.28 bits per heavy atom. The Bertz CT molecular complexity index is 839. The summed E-state index contributed by atoms with van der Waals surface area (Å²) in [6.45, 7) is 10.00. The molecule has 0 unspecified atom stereocenters. The van der Waals surface area contributed by atoms with Crippen molar-refractivity contribution in [1.82, 2.24) is 14.8 Å². The number of pyridine rings is 1. The molecule has 156 valence electrons. The average molecular weight is 416 g/mol. The fraction of sp³-hybridized carbons (Fsp3) is 0.478. The maximum Gasteiger partial charge on any atom is 0.236 e. The summed E-state index contributed by atoms with van der Waals surface area (Å²) in [5.74, 6) is 0.173. The van der Waals surface area contributed by atoms with Gasteiger partial charge in [-0.2, -0.15) is 0 Å². The molecule has 1 amide bonds. The number of likely N-dealkylation sites (N-methyl/N-ethyl adjacent to an activating group) is 1. The molecule has 0 saturated carbocycles. The van der Waals surface area contributed by atoms with E-state index in [-0.39, 0.29) is 12.0 Å². The lowest BCUT2D eigenvalue weighted by molar-refractivity contribution is -0.134. The Kier molecular flexibility index (Phi) is 7.64. The van der Waals surface area contributed by atoms with Gasteiger partial charge in [-0.15, -0.1) is 0 Å². The Balaban J connectivity index is 1.72. The highest BCUT2D eigenvalue weighted by Crippen LogP contribution is 2.25. The Hall–Kier alpha value is -1.95. The van der Waals surface area contributed by atoms with Crippen molar-refractivity contribution in [3.63, 3.8) is 0 Å². The normalized spacial score (nSPS) is 17.3. The third-order valence-electron chi connectivity index (χ3n) is 5.34. The third-order valence-corrected chi connectivity index (χ3v) is 5.71. The van der Waals surface area contributed by atoms with Gasteiger partial charge in [-0.05, 0) is 56.5 Å². The molecule has 3 rings (SSSR count). The minimum Gasteiger partial charge on any atom is -0.369 e. The summed E-state index contributed by atoms with van der Waals surface area (Å²) in [4.78, 5) is 21.2. The first-order valence-electron chi connectivity index (χ1n) is 10.3. The SMILES string of the molecule is CCN(CC)C(=O)CN1CCO[C@@H](c2cc(Cc3ccccc3Cl)cc(C)n2)C1. The molecule has 1 aromatic heterocycles. The monoisotopic (exact) mass is 415 g/mol. The van der Waals surface area contributed by atoms with Crippen LogP contribution in [0.15, 0.2) is 36.4 Å². The van der Waals surface area contributed by atoms with Gasteiger partial charge in [0.25, 0.3) is 0 Å². The minimum absolute atomic E-state index is 0.127. The molecule has 2 heterocycles. The van der Waals surface area contributed by atoms with Crippen molar-refractivity contribution in [3.05, 3.63) is 63.9 Å². The highest BCUT2D eigenvalue weighted by Gasteiger charge is 2.26. The van der Waals surface area contributed by atoms with Crippen LogP contribution in [-0.2, 0) is 16.0 Å². The minimum atomic E-state index is -0.127. The quantitative estimate of drug-likeness (QED) is 0.688. The van der Waals surface area contributed by atoms with Crippen LogP contribution in [0, 0.1) is 6.92 Å². The highest BCUT2D eigenvalue weighted by atomic mass is 35.5. The second-order valence-corrected chi connectivity index (χ2v) is 7.88. The fourth-order valence-corrected chi connectivity index (χ4v) is 3.99. The molecular formula is C23H30ClN3O2. The van der Waals surface area contributed by atoms with E-state index in [1.807, 2.05) is 43.9 Å². The number of carbonyl (C=O) groups is 1. The summed E-state index contributed by atoms with van der Waals surface area (Å²) >= 11 is 6.34. The molecule has 1 aromatic carbocycles. The van der Waals surface area contributed by atoms with E-state index in [1.54, 1.807) is 0 Å². The zero-order valence-corrected chi connectivity index (χ0v) is 18.3. The topological polar surface area (TPSA) is 45.7 Å². The molecule has 1 atom stereocenters. The van der Waals surface area contributed by atoms with Gasteiger partial charge in [-0.1, -0.05) is 29.8 Å². The van der Waals surface area contributed by atoms with Crippen molar-refractivity contribution in [2.24, 2.45) is 0 Å². The number of hydrogen-bond donors (Lipinski definition) is 0. The molecule has 1 aliphatic rings. The molecule has 2 aromatic rings. The number of benzene rings is 1. The van der Waals surface area contributed by atoms with Gasteiger partial charge < -0.3 is 9.64 Å². The van der Waals surface area contributed by atoms with E-state index in [9.17, 15) is 4.79 Å². The van der Waals surface area contributed by atoms with E-state index >= 15 is 0 Å². The Morgan fingerprint density at radius 3 is 2.76 bits per heavy atom. The zero-order chi connectivity index (χ0) is 20.8. The number of halogens is 1. The molecule has 1 saturated heterocycles. The second-order valence-electron chi connectivity index (χ2n) is 7.47. The van der Waals surface area contributed by atoms with Gasteiger partial charge in [0, 0.05) is 36.9 Å². The van der Waals surface area contributed by atoms with Crippen LogP contribution in [0.3, 0.4) is 0 Å². The predicted molar refractivity (Wildman–Crippen MR) is 116 cm³/mol. The fourth-order valence-electron chi connectivity index (χ4n) is 3.79. The third kappa shape index (κ3) is 5.78. The van der Waals surface area contributed by atoms with E-state index in [2.05, 4.69) is 23.1 Å². The molecule has 0 N–H and O–H groups in total. The smallest absolute Gasteiger partial charge is 0.236 e. The summed E-state index contributed by atoms with van der Waals surface area (Å²) in [6, 6.07) is 12.1. The summed E-state index contributed by atoms with van der Waals surface area (Å²) in [5.41, 5.74) is 4.15. The lowest BCUT2D eigenvalue weighted by atomic mass is 10.0. The Morgan fingerprint density at radius 2 is 2.03 bits per heavy atom. The summed E-state index contributed by atoms with van der Waals surface area (Å²) < 4.78 is 6.02. The lowest BCUT2D eigenvalue weighted by Gasteiger charge is -2.33. The molecule has 0 spiro atoms. The van der Waals surface area contributed by atoms with Gasteiger partial charge in [-0.25, -0.2) is 0 Å². The molecular weight excluding hydrogens is 386 g/mol. The average Bonchev–Trinajstić information content (AvgIpc) is 2.70. The van der Waals surface area contributed by atoms with E-state index in [4.69, 9.17) is 21.3 Å². The van der Waals surface area contributed by atoms with Crippen LogP contribution >= 0.6 is 11.6 Å². The van der Waals surface area contributed by atoms with Crippen LogP contribution in [0.2, 0.25) is 5.02 Å². The molecule has 0 radical (unpaired) electrons. The summed E-state index contributed by atoms with van der Waals surface area (Å²) in [6.07, 6.45) is 0.630. The van der Waals surface area contributed by atoms with Crippen molar-refractivity contribution in [1.29, 1.82) is 0 Å². The first kappa shape index (κ1) is 21.8. The second kappa shape index (κ2) is 10.2. The van der Waals surface area contributed by atoms with Crippen molar-refractivity contribution in [3.8, 4) is 0 Å².